The zero-order valence-electron chi connectivity index (χ0n) is 5.25. The van der Waals surface area contributed by atoms with Crippen LogP contribution in [0.5, 0.6) is 0 Å². The van der Waals surface area contributed by atoms with Crippen molar-refractivity contribution in [2.75, 3.05) is 0 Å². The summed E-state index contributed by atoms with van der Waals surface area (Å²) in [5.74, 6) is 0. The van der Waals surface area contributed by atoms with Crippen LogP contribution < -0.4 is 0 Å². The van der Waals surface area contributed by atoms with Gasteiger partial charge in [-0.15, -0.1) is 0 Å². The van der Waals surface area contributed by atoms with E-state index >= 15 is 0 Å². The van der Waals surface area contributed by atoms with Crippen LogP contribution in [0.2, 0.25) is 0 Å². The minimum atomic E-state index is 0.920. The monoisotopic (exact) mass is 123 g/mol. The lowest BCUT2D eigenvalue weighted by Gasteiger charge is -2.05. The zero-order valence-corrected chi connectivity index (χ0v) is 5.25. The van der Waals surface area contributed by atoms with Crippen molar-refractivity contribution in [1.29, 1.82) is 0 Å². The van der Waals surface area contributed by atoms with Gasteiger partial charge in [0.2, 0.25) is 0 Å². The van der Waals surface area contributed by atoms with Crippen molar-refractivity contribution in [2.45, 2.75) is 25.7 Å². The van der Waals surface area contributed by atoms with E-state index in [1.165, 1.54) is 12.8 Å². The van der Waals surface area contributed by atoms with Gasteiger partial charge in [-0.1, -0.05) is 11.2 Å². The molecule has 0 saturated heterocycles. The Balaban J connectivity index is 2.56. The first-order valence-corrected chi connectivity index (χ1v) is 3.17. The fraction of sp³-hybridized carbons (Fsp3) is 0.667. The first-order valence-electron chi connectivity index (χ1n) is 3.17. The molecule has 9 heavy (non-hydrogen) atoms. The summed E-state index contributed by atoms with van der Waals surface area (Å²) in [6, 6.07) is 0. The summed E-state index contributed by atoms with van der Waals surface area (Å²) in [7, 11) is 0. The van der Waals surface area contributed by atoms with Gasteiger partial charge in [-0.3, -0.25) is 0 Å². The highest BCUT2D eigenvalue weighted by atomic mass is 15.1. The number of nitrogens with zero attached hydrogens (tertiary/aromatic N) is 3. The highest BCUT2D eigenvalue weighted by molar-refractivity contribution is 5.02. The number of hydrogen-bond donors (Lipinski definition) is 0. The van der Waals surface area contributed by atoms with Crippen LogP contribution >= 0.6 is 0 Å². The third-order valence-corrected chi connectivity index (χ3v) is 1.44. The molecule has 3 heteroatoms. The Bertz CT molecular complexity index is 165. The van der Waals surface area contributed by atoms with E-state index in [-0.39, 0.29) is 0 Å². The van der Waals surface area contributed by atoms with Gasteiger partial charge in [0.25, 0.3) is 0 Å². The molecule has 1 rings (SSSR count). The molecular weight excluding hydrogens is 114 g/mol. The Hall–Kier alpha value is -0.950. The molecule has 0 spiro atoms. The van der Waals surface area contributed by atoms with Gasteiger partial charge in [0, 0.05) is 10.6 Å². The van der Waals surface area contributed by atoms with Gasteiger partial charge in [0.05, 0.1) is 0 Å². The Morgan fingerprint density at radius 3 is 3.00 bits per heavy atom. The molecule has 0 atom stereocenters. The molecule has 0 aliphatic heterocycles. The van der Waals surface area contributed by atoms with Crippen molar-refractivity contribution in [1.82, 2.24) is 0 Å². The van der Waals surface area contributed by atoms with Gasteiger partial charge < -0.3 is 0 Å². The van der Waals surface area contributed by atoms with Crippen LogP contribution in [0, 0.1) is 0 Å². The molecule has 0 aromatic rings. The van der Waals surface area contributed by atoms with Crippen molar-refractivity contribution in [2.24, 2.45) is 5.11 Å². The van der Waals surface area contributed by atoms with E-state index in [4.69, 9.17) is 5.53 Å². The summed E-state index contributed by atoms with van der Waals surface area (Å²) in [5, 5.41) is 3.53. The normalized spacial score (nSPS) is 18.0. The summed E-state index contributed by atoms with van der Waals surface area (Å²) >= 11 is 0. The summed E-state index contributed by atoms with van der Waals surface area (Å²) in [6.45, 7) is 0. The van der Waals surface area contributed by atoms with E-state index in [9.17, 15) is 0 Å². The lowest BCUT2D eigenvalue weighted by molar-refractivity contribution is 0.695. The molecule has 0 unspecified atom stereocenters. The number of rotatable bonds is 1. The molecule has 1 aliphatic rings. The molecule has 0 aromatic carbocycles. The first kappa shape index (κ1) is 6.17. The largest absolute Gasteiger partial charge is 0.0790 e. The van der Waals surface area contributed by atoms with Crippen molar-refractivity contribution >= 4 is 0 Å². The zero-order chi connectivity index (χ0) is 6.53. The molecule has 0 radical (unpaired) electrons. The minimum Gasteiger partial charge on any atom is -0.0790 e. The molecule has 1 aliphatic carbocycles. The lowest BCUT2D eigenvalue weighted by atomic mass is 10.1. The first-order chi connectivity index (χ1) is 4.43. The van der Waals surface area contributed by atoms with Crippen LogP contribution in [0.4, 0.5) is 0 Å². The molecule has 3 nitrogen and oxygen atoms in total. The van der Waals surface area contributed by atoms with Crippen LogP contribution in [0.25, 0.3) is 10.4 Å². The second-order valence-corrected chi connectivity index (χ2v) is 2.13. The van der Waals surface area contributed by atoms with Gasteiger partial charge in [0.15, 0.2) is 0 Å². The SMILES string of the molecule is [N-]=[N+]=NC1=CCCCC1. The Morgan fingerprint density at radius 1 is 1.56 bits per heavy atom. The maximum atomic E-state index is 8.04. The Morgan fingerprint density at radius 2 is 2.44 bits per heavy atom. The van der Waals surface area contributed by atoms with E-state index in [1.54, 1.807) is 0 Å². The number of azide groups is 1. The second-order valence-electron chi connectivity index (χ2n) is 2.13. The molecule has 0 fully saturated rings. The highest BCUT2D eigenvalue weighted by Gasteiger charge is 1.98. The number of hydrogen-bond acceptors (Lipinski definition) is 1. The van der Waals surface area contributed by atoms with Crippen LogP contribution in [0.3, 0.4) is 0 Å². The van der Waals surface area contributed by atoms with E-state index in [0.29, 0.717) is 0 Å². The Kier molecular flexibility index (Phi) is 2.16. The summed E-state index contributed by atoms with van der Waals surface area (Å²) in [5.41, 5.74) is 8.96. The summed E-state index contributed by atoms with van der Waals surface area (Å²) < 4.78 is 0. The average Bonchev–Trinajstić information content (AvgIpc) is 1.91. The maximum Gasteiger partial charge on any atom is 0.0111 e. The van der Waals surface area contributed by atoms with Crippen molar-refractivity contribution in [3.63, 3.8) is 0 Å². The van der Waals surface area contributed by atoms with Gasteiger partial charge in [-0.25, -0.2) is 0 Å². The maximum absolute atomic E-state index is 8.04. The van der Waals surface area contributed by atoms with Crippen molar-refractivity contribution < 1.29 is 0 Å². The fourth-order valence-corrected chi connectivity index (χ4v) is 0.969. The van der Waals surface area contributed by atoms with Crippen LogP contribution in [-0.4, -0.2) is 0 Å². The molecule has 0 saturated carbocycles. The molecule has 48 valence electrons. The van der Waals surface area contributed by atoms with Gasteiger partial charge in [0.1, 0.15) is 0 Å². The predicted molar refractivity (Wildman–Crippen MR) is 35.7 cm³/mol. The van der Waals surface area contributed by atoms with E-state index in [0.717, 1.165) is 18.5 Å². The van der Waals surface area contributed by atoms with E-state index < -0.39 is 0 Å². The van der Waals surface area contributed by atoms with E-state index in [1.807, 2.05) is 6.08 Å². The highest BCUT2D eigenvalue weighted by Crippen LogP contribution is 2.17. The standard InChI is InChI=1S/C6H9N3/c7-9-8-6-4-2-1-3-5-6/h4H,1-3,5H2. The van der Waals surface area contributed by atoms with Crippen molar-refractivity contribution in [3.05, 3.63) is 22.2 Å². The van der Waals surface area contributed by atoms with Crippen molar-refractivity contribution in [3.8, 4) is 0 Å². The van der Waals surface area contributed by atoms with Gasteiger partial charge in [-0.2, -0.15) is 0 Å². The molecule has 0 amide bonds. The third kappa shape index (κ3) is 1.78. The van der Waals surface area contributed by atoms with E-state index in [2.05, 4.69) is 10.0 Å². The van der Waals surface area contributed by atoms with Crippen LogP contribution in [-0.2, 0) is 0 Å². The van der Waals surface area contributed by atoms with Crippen LogP contribution in [0.1, 0.15) is 25.7 Å². The fourth-order valence-electron chi connectivity index (χ4n) is 0.969. The van der Waals surface area contributed by atoms with Gasteiger partial charge >= 0.3 is 0 Å². The molecule has 0 aromatic heterocycles. The quantitative estimate of drug-likeness (QED) is 0.292. The number of allylic oxidation sites excluding steroid dienone is 2. The third-order valence-electron chi connectivity index (χ3n) is 1.44. The molecule has 0 heterocycles. The summed E-state index contributed by atoms with van der Waals surface area (Å²) in [6.07, 6.45) is 6.47. The topological polar surface area (TPSA) is 48.8 Å². The predicted octanol–water partition coefficient (Wildman–Crippen LogP) is 2.75. The Labute approximate surface area is 54.0 Å². The molecular formula is C6H9N3. The molecule has 0 bridgehead atoms. The van der Waals surface area contributed by atoms with Crippen LogP contribution in [0.15, 0.2) is 16.9 Å². The minimum absolute atomic E-state index is 0.920. The second kappa shape index (κ2) is 3.15. The summed E-state index contributed by atoms with van der Waals surface area (Å²) in [4.78, 5) is 2.72. The van der Waals surface area contributed by atoms with Gasteiger partial charge in [-0.05, 0) is 31.2 Å². The lowest BCUT2D eigenvalue weighted by Crippen LogP contribution is -1.86. The average molecular weight is 123 g/mol. The molecule has 0 N–H and O–H groups in total. The smallest absolute Gasteiger partial charge is 0.0111 e.